The summed E-state index contributed by atoms with van der Waals surface area (Å²) in [7, 11) is 0. The number of nitrogens with one attached hydrogen (secondary N) is 2. The van der Waals surface area contributed by atoms with E-state index in [2.05, 4.69) is 26.7 Å². The second-order valence-electron chi connectivity index (χ2n) is 7.10. The quantitative estimate of drug-likeness (QED) is 0.475. The number of aromatic nitrogens is 3. The minimum Gasteiger partial charge on any atom is -0.340 e. The standard InChI is InChI=1S/C24H19FN6O/c1-16-13-27-23(29-19-9-7-18(25)8-10-19)11-22(16)31-14-21(28-15-31)24(32)30-20(12-26)17-5-3-2-4-6-17/h2-11,13-15,20H,1H3,(H,27,29)(H,30,32). The number of amides is 1. The van der Waals surface area contributed by atoms with Gasteiger partial charge in [-0.15, -0.1) is 0 Å². The average Bonchev–Trinajstić information content (AvgIpc) is 3.31. The van der Waals surface area contributed by atoms with Crippen molar-refractivity contribution in [2.75, 3.05) is 5.32 Å². The summed E-state index contributed by atoms with van der Waals surface area (Å²) >= 11 is 0. The molecular weight excluding hydrogens is 407 g/mol. The summed E-state index contributed by atoms with van der Waals surface area (Å²) in [6.45, 7) is 1.89. The summed E-state index contributed by atoms with van der Waals surface area (Å²) in [6, 6.07) is 18.1. The summed E-state index contributed by atoms with van der Waals surface area (Å²) < 4.78 is 14.8. The van der Waals surface area contributed by atoms with Crippen LogP contribution in [-0.4, -0.2) is 20.4 Å². The molecule has 0 spiro atoms. The molecule has 2 N–H and O–H groups in total. The number of nitrogens with zero attached hydrogens (tertiary/aromatic N) is 4. The van der Waals surface area contributed by atoms with Crippen LogP contribution < -0.4 is 10.6 Å². The Bertz CT molecular complexity index is 1280. The summed E-state index contributed by atoms with van der Waals surface area (Å²) in [5.74, 6) is -0.204. The summed E-state index contributed by atoms with van der Waals surface area (Å²) in [5, 5.41) is 15.3. The van der Waals surface area contributed by atoms with E-state index < -0.39 is 11.9 Å². The molecule has 158 valence electrons. The molecule has 32 heavy (non-hydrogen) atoms. The number of hydrogen-bond donors (Lipinski definition) is 2. The third-order valence-corrected chi connectivity index (χ3v) is 4.82. The Morgan fingerprint density at radius 2 is 1.88 bits per heavy atom. The fourth-order valence-electron chi connectivity index (χ4n) is 3.15. The molecule has 0 saturated heterocycles. The molecule has 1 atom stereocenters. The lowest BCUT2D eigenvalue weighted by Gasteiger charge is -2.11. The van der Waals surface area contributed by atoms with Crippen molar-refractivity contribution in [3.05, 3.63) is 102 Å². The van der Waals surface area contributed by atoms with Crippen LogP contribution in [0.4, 0.5) is 15.9 Å². The number of anilines is 2. The van der Waals surface area contributed by atoms with Gasteiger partial charge < -0.3 is 15.2 Å². The molecule has 0 radical (unpaired) electrons. The van der Waals surface area contributed by atoms with Crippen molar-refractivity contribution < 1.29 is 9.18 Å². The van der Waals surface area contributed by atoms with Crippen molar-refractivity contribution >= 4 is 17.4 Å². The molecule has 1 amide bonds. The predicted octanol–water partition coefficient (Wildman–Crippen LogP) is 4.45. The van der Waals surface area contributed by atoms with Gasteiger partial charge in [-0.25, -0.2) is 14.4 Å². The van der Waals surface area contributed by atoms with E-state index in [9.17, 15) is 14.4 Å². The first kappa shape index (κ1) is 20.8. The van der Waals surface area contributed by atoms with Gasteiger partial charge in [0.15, 0.2) is 0 Å². The van der Waals surface area contributed by atoms with Crippen LogP contribution >= 0.6 is 0 Å². The molecular formula is C24H19FN6O. The van der Waals surface area contributed by atoms with Gasteiger partial charge in [-0.1, -0.05) is 30.3 Å². The van der Waals surface area contributed by atoms with Gasteiger partial charge in [0.05, 0.1) is 11.8 Å². The predicted molar refractivity (Wildman–Crippen MR) is 118 cm³/mol. The van der Waals surface area contributed by atoms with Crippen LogP contribution in [-0.2, 0) is 0 Å². The second-order valence-corrected chi connectivity index (χ2v) is 7.10. The largest absolute Gasteiger partial charge is 0.340 e. The van der Waals surface area contributed by atoms with Crippen molar-refractivity contribution in [1.29, 1.82) is 5.26 Å². The first-order valence-corrected chi connectivity index (χ1v) is 9.82. The van der Waals surface area contributed by atoms with Crippen molar-refractivity contribution in [2.45, 2.75) is 13.0 Å². The van der Waals surface area contributed by atoms with Crippen molar-refractivity contribution in [2.24, 2.45) is 0 Å². The molecule has 2 aromatic carbocycles. The lowest BCUT2D eigenvalue weighted by molar-refractivity contribution is 0.0940. The zero-order valence-corrected chi connectivity index (χ0v) is 17.2. The number of hydrogen-bond acceptors (Lipinski definition) is 5. The van der Waals surface area contributed by atoms with Crippen LogP contribution in [0.5, 0.6) is 0 Å². The fraction of sp³-hybridized carbons (Fsp3) is 0.0833. The number of benzene rings is 2. The van der Waals surface area contributed by atoms with Gasteiger partial charge in [-0.3, -0.25) is 4.79 Å². The highest BCUT2D eigenvalue weighted by Gasteiger charge is 2.17. The maximum absolute atomic E-state index is 13.1. The molecule has 0 aliphatic carbocycles. The van der Waals surface area contributed by atoms with E-state index in [0.29, 0.717) is 17.1 Å². The molecule has 0 bridgehead atoms. The maximum Gasteiger partial charge on any atom is 0.272 e. The number of pyridine rings is 1. The Labute approximate surface area is 184 Å². The third-order valence-electron chi connectivity index (χ3n) is 4.82. The zero-order chi connectivity index (χ0) is 22.5. The molecule has 0 aliphatic heterocycles. The highest BCUT2D eigenvalue weighted by Crippen LogP contribution is 2.21. The maximum atomic E-state index is 13.1. The summed E-state index contributed by atoms with van der Waals surface area (Å²) in [4.78, 5) is 21.2. The first-order chi connectivity index (χ1) is 15.5. The van der Waals surface area contributed by atoms with Crippen molar-refractivity contribution in [3.63, 3.8) is 0 Å². The van der Waals surface area contributed by atoms with Crippen molar-refractivity contribution in [1.82, 2.24) is 19.9 Å². The van der Waals surface area contributed by atoms with Crippen molar-refractivity contribution in [3.8, 4) is 11.8 Å². The molecule has 0 aliphatic rings. The number of carbonyl (C=O) groups is 1. The van der Waals surface area contributed by atoms with E-state index in [-0.39, 0.29) is 11.5 Å². The lowest BCUT2D eigenvalue weighted by atomic mass is 10.1. The molecule has 2 aromatic heterocycles. The van der Waals surface area contributed by atoms with Gasteiger partial charge in [-0.2, -0.15) is 5.26 Å². The first-order valence-electron chi connectivity index (χ1n) is 9.82. The molecule has 1 unspecified atom stereocenters. The number of imidazole rings is 1. The highest BCUT2D eigenvalue weighted by molar-refractivity contribution is 5.92. The van der Waals surface area contributed by atoms with E-state index in [1.54, 1.807) is 41.2 Å². The van der Waals surface area contributed by atoms with Crippen LogP contribution in [0.3, 0.4) is 0 Å². The Kier molecular flexibility index (Phi) is 5.90. The Morgan fingerprint density at radius 1 is 1.12 bits per heavy atom. The van der Waals surface area contributed by atoms with Crippen LogP contribution in [0.25, 0.3) is 5.69 Å². The third kappa shape index (κ3) is 4.63. The molecule has 7 nitrogen and oxygen atoms in total. The van der Waals surface area contributed by atoms with E-state index in [1.807, 2.05) is 31.2 Å². The fourth-order valence-corrected chi connectivity index (χ4v) is 3.15. The number of carbonyl (C=O) groups excluding carboxylic acids is 1. The molecule has 8 heteroatoms. The summed E-state index contributed by atoms with van der Waals surface area (Å²) in [5.41, 5.74) is 3.23. The number of aryl methyl sites for hydroxylation is 1. The van der Waals surface area contributed by atoms with Crippen LogP contribution in [0.15, 0.2) is 79.4 Å². The Balaban J connectivity index is 1.53. The normalized spacial score (nSPS) is 11.4. The van der Waals surface area contributed by atoms with Crippen LogP contribution in [0.1, 0.15) is 27.7 Å². The minimum absolute atomic E-state index is 0.186. The van der Waals surface area contributed by atoms with Gasteiger partial charge in [0.1, 0.15) is 29.7 Å². The monoisotopic (exact) mass is 426 g/mol. The number of halogens is 1. The Hall–Kier alpha value is -4.51. The zero-order valence-electron chi connectivity index (χ0n) is 17.2. The van der Waals surface area contributed by atoms with Gasteiger partial charge in [0, 0.05) is 24.1 Å². The highest BCUT2D eigenvalue weighted by atomic mass is 19.1. The molecule has 2 heterocycles. The van der Waals surface area contributed by atoms with Crippen LogP contribution in [0, 0.1) is 24.1 Å². The summed E-state index contributed by atoms with van der Waals surface area (Å²) in [6.07, 6.45) is 4.82. The molecule has 4 rings (SSSR count). The number of rotatable bonds is 6. The second kappa shape index (κ2) is 9.10. The average molecular weight is 426 g/mol. The van der Waals surface area contributed by atoms with E-state index in [1.165, 1.54) is 18.5 Å². The van der Waals surface area contributed by atoms with Gasteiger partial charge >= 0.3 is 0 Å². The molecule has 0 fully saturated rings. The number of nitriles is 1. The van der Waals surface area contributed by atoms with Gasteiger partial charge in [0.25, 0.3) is 5.91 Å². The minimum atomic E-state index is -0.775. The molecule has 0 saturated carbocycles. The van der Waals surface area contributed by atoms with E-state index >= 15 is 0 Å². The van der Waals surface area contributed by atoms with Gasteiger partial charge in [-0.05, 0) is 42.3 Å². The van der Waals surface area contributed by atoms with E-state index in [4.69, 9.17) is 0 Å². The SMILES string of the molecule is Cc1cnc(Nc2ccc(F)cc2)cc1-n1cnc(C(=O)NC(C#N)c2ccccc2)c1. The smallest absolute Gasteiger partial charge is 0.272 e. The van der Waals surface area contributed by atoms with Crippen LogP contribution in [0.2, 0.25) is 0 Å². The van der Waals surface area contributed by atoms with E-state index in [0.717, 1.165) is 11.3 Å². The Morgan fingerprint density at radius 3 is 2.59 bits per heavy atom. The lowest BCUT2D eigenvalue weighted by Crippen LogP contribution is -2.27. The topological polar surface area (TPSA) is 95.6 Å². The van der Waals surface area contributed by atoms with Gasteiger partial charge in [0.2, 0.25) is 0 Å². The molecule has 4 aromatic rings.